The Hall–Kier alpha value is -1.96. The second-order valence-electron chi connectivity index (χ2n) is 5.96. The summed E-state index contributed by atoms with van der Waals surface area (Å²) >= 11 is 13.0. The van der Waals surface area contributed by atoms with Crippen molar-refractivity contribution in [3.05, 3.63) is 52.1 Å². The lowest BCUT2D eigenvalue weighted by Crippen LogP contribution is -2.25. The molecule has 1 aliphatic rings. The molecule has 27 heavy (non-hydrogen) atoms. The number of hydrogen-bond donors (Lipinski definition) is 1. The summed E-state index contributed by atoms with van der Waals surface area (Å²) < 4.78 is 5.75. The molecule has 2 aromatic rings. The van der Waals surface area contributed by atoms with Gasteiger partial charge >= 0.3 is 0 Å². The van der Waals surface area contributed by atoms with Crippen molar-refractivity contribution in [2.75, 3.05) is 25.1 Å². The number of aromatic nitrogens is 1. The number of nitrogens with zero attached hydrogens (tertiary/aromatic N) is 2. The minimum atomic E-state index is -0.366. The van der Waals surface area contributed by atoms with Crippen LogP contribution in [0.15, 0.2) is 36.5 Å². The van der Waals surface area contributed by atoms with Gasteiger partial charge in [0.25, 0.3) is 5.24 Å². The molecule has 2 heterocycles. The van der Waals surface area contributed by atoms with E-state index in [2.05, 4.69) is 10.3 Å². The van der Waals surface area contributed by atoms with Crippen LogP contribution in [0, 0.1) is 0 Å². The molecule has 0 radical (unpaired) electrons. The van der Waals surface area contributed by atoms with Crippen molar-refractivity contribution in [1.29, 1.82) is 0 Å². The van der Waals surface area contributed by atoms with Crippen molar-refractivity contribution >= 4 is 51.9 Å². The third kappa shape index (κ3) is 5.28. The molecule has 0 saturated carbocycles. The van der Waals surface area contributed by atoms with Gasteiger partial charge in [0.2, 0.25) is 5.91 Å². The Balaban J connectivity index is 1.48. The fourth-order valence-corrected chi connectivity index (χ4v) is 3.94. The second kappa shape index (κ2) is 8.82. The first-order valence-corrected chi connectivity index (χ1v) is 9.81. The van der Waals surface area contributed by atoms with E-state index >= 15 is 0 Å². The first-order chi connectivity index (χ1) is 12.9. The third-order valence-corrected chi connectivity index (χ3v) is 5.42. The molecular formula is C18H17Cl2N3O3S. The Morgan fingerprint density at radius 3 is 2.63 bits per heavy atom. The number of halogens is 2. The molecule has 2 amide bonds. The quantitative estimate of drug-likeness (QED) is 0.727. The molecule has 1 aromatic heterocycles. The van der Waals surface area contributed by atoms with Crippen molar-refractivity contribution in [1.82, 2.24) is 10.3 Å². The number of ether oxygens (including phenoxy) is 1. The topological polar surface area (TPSA) is 71.5 Å². The van der Waals surface area contributed by atoms with Crippen LogP contribution in [0.2, 0.25) is 10.0 Å². The molecule has 142 valence electrons. The Labute approximate surface area is 171 Å². The second-order valence-corrected chi connectivity index (χ2v) is 7.98. The van der Waals surface area contributed by atoms with E-state index in [4.69, 9.17) is 27.9 Å². The molecule has 1 aromatic carbocycles. The molecule has 1 fully saturated rings. The summed E-state index contributed by atoms with van der Waals surface area (Å²) in [6, 6.07) is 9.14. The highest BCUT2D eigenvalue weighted by Crippen LogP contribution is 2.25. The highest BCUT2D eigenvalue weighted by Gasteiger charge is 2.31. The van der Waals surface area contributed by atoms with E-state index in [1.54, 1.807) is 12.3 Å². The number of hydrogen-bond acceptors (Lipinski definition) is 6. The highest BCUT2D eigenvalue weighted by atomic mass is 35.5. The zero-order valence-electron chi connectivity index (χ0n) is 14.4. The molecule has 1 atom stereocenters. The van der Waals surface area contributed by atoms with Crippen molar-refractivity contribution in [2.24, 2.45) is 0 Å². The van der Waals surface area contributed by atoms with Gasteiger partial charge in [0.15, 0.2) is 0 Å². The summed E-state index contributed by atoms with van der Waals surface area (Å²) in [5.41, 5.74) is 0.971. The molecule has 0 bridgehead atoms. The molecule has 1 aliphatic heterocycles. The maximum absolute atomic E-state index is 11.6. The first kappa shape index (κ1) is 19.8. The molecule has 3 rings (SSSR count). The van der Waals surface area contributed by atoms with Crippen molar-refractivity contribution < 1.29 is 14.3 Å². The summed E-state index contributed by atoms with van der Waals surface area (Å²) in [6.07, 6.45) is 2.06. The van der Waals surface area contributed by atoms with Gasteiger partial charge in [-0.3, -0.25) is 14.9 Å². The van der Waals surface area contributed by atoms with Crippen molar-refractivity contribution in [3.63, 3.8) is 0 Å². The SMILES string of the molecule is CN(CCOc1ccc(CC2SC(=O)NC2=O)cc1)c1ncc(Cl)cc1Cl. The smallest absolute Gasteiger partial charge is 0.286 e. The average Bonchev–Trinajstić information content (AvgIpc) is 2.93. The van der Waals surface area contributed by atoms with Crippen LogP contribution < -0.4 is 15.0 Å². The largest absolute Gasteiger partial charge is 0.492 e. The fraction of sp³-hybridized carbons (Fsp3) is 0.278. The predicted molar refractivity (Wildman–Crippen MR) is 108 cm³/mol. The molecule has 1 saturated heterocycles. The Morgan fingerprint density at radius 1 is 1.26 bits per heavy atom. The number of anilines is 1. The molecule has 6 nitrogen and oxygen atoms in total. The minimum Gasteiger partial charge on any atom is -0.492 e. The van der Waals surface area contributed by atoms with E-state index in [-0.39, 0.29) is 16.4 Å². The number of likely N-dealkylation sites (N-methyl/N-ethyl adjacent to an activating group) is 1. The fourth-order valence-electron chi connectivity index (χ4n) is 2.56. The number of amides is 2. The number of benzene rings is 1. The van der Waals surface area contributed by atoms with Crippen LogP contribution in [0.25, 0.3) is 0 Å². The van der Waals surface area contributed by atoms with E-state index in [1.165, 1.54) is 0 Å². The Kier molecular flexibility index (Phi) is 6.46. The molecule has 1 unspecified atom stereocenters. The minimum absolute atomic E-state index is 0.233. The van der Waals surface area contributed by atoms with Gasteiger partial charge in [0, 0.05) is 13.2 Å². The van der Waals surface area contributed by atoms with Gasteiger partial charge in [0.1, 0.15) is 18.2 Å². The maximum Gasteiger partial charge on any atom is 0.286 e. The summed E-state index contributed by atoms with van der Waals surface area (Å²) in [4.78, 5) is 28.9. The van der Waals surface area contributed by atoms with E-state index < -0.39 is 0 Å². The number of pyridine rings is 1. The zero-order chi connectivity index (χ0) is 19.4. The number of imide groups is 1. The van der Waals surface area contributed by atoms with E-state index in [0.29, 0.717) is 35.4 Å². The van der Waals surface area contributed by atoms with Gasteiger partial charge < -0.3 is 9.64 Å². The number of thioether (sulfide) groups is 1. The number of rotatable bonds is 7. The summed E-state index contributed by atoms with van der Waals surface area (Å²) in [5, 5.41) is 2.62. The number of nitrogens with one attached hydrogen (secondary N) is 1. The standard InChI is InChI=1S/C18H17Cl2N3O3S/c1-23(16-14(20)9-12(19)10-21-16)6-7-26-13-4-2-11(3-5-13)8-15-17(24)22-18(25)27-15/h2-5,9-10,15H,6-8H2,1H3,(H,22,24,25). The van der Waals surface area contributed by atoms with Crippen LogP contribution in [0.1, 0.15) is 5.56 Å². The van der Waals surface area contributed by atoms with Gasteiger partial charge in [-0.1, -0.05) is 47.1 Å². The lowest BCUT2D eigenvalue weighted by molar-refractivity contribution is -0.118. The Morgan fingerprint density at radius 2 is 2.00 bits per heavy atom. The first-order valence-electron chi connectivity index (χ1n) is 8.18. The van der Waals surface area contributed by atoms with E-state index in [0.717, 1.165) is 23.1 Å². The molecule has 0 aliphatic carbocycles. The van der Waals surface area contributed by atoms with Gasteiger partial charge in [-0.05, 0) is 30.2 Å². The van der Waals surface area contributed by atoms with Gasteiger partial charge in [-0.25, -0.2) is 4.98 Å². The molecule has 0 spiro atoms. The molecule has 9 heteroatoms. The normalized spacial score (nSPS) is 16.3. The van der Waals surface area contributed by atoms with Gasteiger partial charge in [-0.15, -0.1) is 0 Å². The summed E-state index contributed by atoms with van der Waals surface area (Å²) in [7, 11) is 1.88. The van der Waals surface area contributed by atoms with E-state index in [1.807, 2.05) is 36.2 Å². The lowest BCUT2D eigenvalue weighted by Gasteiger charge is -2.19. The van der Waals surface area contributed by atoms with Crippen LogP contribution >= 0.6 is 35.0 Å². The summed E-state index contributed by atoms with van der Waals surface area (Å²) in [5.74, 6) is 1.13. The molecule has 1 N–H and O–H groups in total. The maximum atomic E-state index is 11.6. The van der Waals surface area contributed by atoms with Gasteiger partial charge in [-0.2, -0.15) is 0 Å². The average molecular weight is 426 g/mol. The van der Waals surface area contributed by atoms with Crippen LogP contribution in [0.5, 0.6) is 5.75 Å². The van der Waals surface area contributed by atoms with Crippen molar-refractivity contribution in [3.8, 4) is 5.75 Å². The number of carbonyl (C=O) groups is 2. The zero-order valence-corrected chi connectivity index (χ0v) is 16.8. The third-order valence-electron chi connectivity index (χ3n) is 3.96. The predicted octanol–water partition coefficient (Wildman–Crippen LogP) is 3.80. The Bertz CT molecular complexity index is 848. The molecular weight excluding hydrogens is 409 g/mol. The van der Waals surface area contributed by atoms with Crippen LogP contribution in [-0.4, -0.2) is 41.6 Å². The highest BCUT2D eigenvalue weighted by molar-refractivity contribution is 8.15. The van der Waals surface area contributed by atoms with Crippen molar-refractivity contribution in [2.45, 2.75) is 11.7 Å². The van der Waals surface area contributed by atoms with Crippen LogP contribution in [-0.2, 0) is 11.2 Å². The van der Waals surface area contributed by atoms with Gasteiger partial charge in [0.05, 0.1) is 21.8 Å². The van der Waals surface area contributed by atoms with Crippen LogP contribution in [0.4, 0.5) is 10.6 Å². The monoisotopic (exact) mass is 425 g/mol. The summed E-state index contributed by atoms with van der Waals surface area (Å²) in [6.45, 7) is 1.04. The van der Waals surface area contributed by atoms with Crippen LogP contribution in [0.3, 0.4) is 0 Å². The lowest BCUT2D eigenvalue weighted by atomic mass is 10.1. The number of carbonyl (C=O) groups excluding carboxylic acids is 2. The van der Waals surface area contributed by atoms with E-state index in [9.17, 15) is 9.59 Å².